The van der Waals surface area contributed by atoms with E-state index in [-0.39, 0.29) is 5.91 Å². The van der Waals surface area contributed by atoms with Crippen molar-refractivity contribution in [1.82, 2.24) is 19.7 Å². The maximum Gasteiger partial charge on any atom is 0.224 e. The second-order valence-electron chi connectivity index (χ2n) is 4.98. The first-order valence-electron chi connectivity index (χ1n) is 6.50. The summed E-state index contributed by atoms with van der Waals surface area (Å²) in [5.74, 6) is 0.172. The lowest BCUT2D eigenvalue weighted by molar-refractivity contribution is -0.132. The third kappa shape index (κ3) is 3.29. The molecule has 1 aromatic heterocycles. The van der Waals surface area contributed by atoms with Crippen LogP contribution in [0.3, 0.4) is 0 Å². The number of nitrogens with two attached hydrogens (primary N) is 1. The number of carbonyl (C=O) groups excluding carboxylic acids is 1. The minimum atomic E-state index is 0.172. The van der Waals surface area contributed by atoms with Crippen LogP contribution in [0.4, 0.5) is 0 Å². The van der Waals surface area contributed by atoms with E-state index < -0.39 is 0 Å². The molecule has 0 aromatic carbocycles. The van der Waals surface area contributed by atoms with Crippen molar-refractivity contribution in [2.75, 3.05) is 7.05 Å². The Labute approximate surface area is 107 Å². The molecule has 1 saturated carbocycles. The van der Waals surface area contributed by atoms with Crippen molar-refractivity contribution in [3.63, 3.8) is 0 Å². The second kappa shape index (κ2) is 5.95. The van der Waals surface area contributed by atoms with Gasteiger partial charge in [-0.05, 0) is 25.7 Å². The smallest absolute Gasteiger partial charge is 0.224 e. The molecule has 2 N–H and O–H groups in total. The molecule has 1 aliphatic rings. The summed E-state index contributed by atoms with van der Waals surface area (Å²) >= 11 is 0. The molecular weight excluding hydrogens is 230 g/mol. The van der Waals surface area contributed by atoms with Crippen molar-refractivity contribution < 1.29 is 4.79 Å². The summed E-state index contributed by atoms with van der Waals surface area (Å²) < 4.78 is 1.68. The Hall–Kier alpha value is -1.43. The highest BCUT2D eigenvalue weighted by Gasteiger charge is 2.24. The van der Waals surface area contributed by atoms with Crippen LogP contribution in [-0.2, 0) is 11.3 Å². The highest BCUT2D eigenvalue weighted by molar-refractivity contribution is 5.76. The molecule has 0 spiro atoms. The van der Waals surface area contributed by atoms with Crippen LogP contribution in [0.15, 0.2) is 12.7 Å². The number of amides is 1. The van der Waals surface area contributed by atoms with Crippen LogP contribution in [0, 0.1) is 0 Å². The highest BCUT2D eigenvalue weighted by atomic mass is 16.2. The first-order chi connectivity index (χ1) is 8.66. The molecule has 0 radical (unpaired) electrons. The summed E-state index contributed by atoms with van der Waals surface area (Å²) in [4.78, 5) is 17.8. The molecule has 1 aliphatic carbocycles. The third-order valence-corrected chi connectivity index (χ3v) is 3.70. The lowest BCUT2D eigenvalue weighted by Crippen LogP contribution is -2.42. The Bertz CT molecular complexity index is 370. The van der Waals surface area contributed by atoms with E-state index in [2.05, 4.69) is 10.1 Å². The van der Waals surface area contributed by atoms with Crippen LogP contribution in [0.1, 0.15) is 32.1 Å². The van der Waals surface area contributed by atoms with Crippen LogP contribution in [0.5, 0.6) is 0 Å². The monoisotopic (exact) mass is 251 g/mol. The van der Waals surface area contributed by atoms with Crippen molar-refractivity contribution >= 4 is 5.91 Å². The Kier molecular flexibility index (Phi) is 4.30. The Morgan fingerprint density at radius 2 is 2.17 bits per heavy atom. The van der Waals surface area contributed by atoms with Crippen LogP contribution < -0.4 is 5.73 Å². The van der Waals surface area contributed by atoms with Crippen molar-refractivity contribution in [2.24, 2.45) is 5.73 Å². The number of rotatable bonds is 4. The Balaban J connectivity index is 1.77. The van der Waals surface area contributed by atoms with Gasteiger partial charge in [-0.15, -0.1) is 0 Å². The molecule has 1 heterocycles. The summed E-state index contributed by atoms with van der Waals surface area (Å²) in [5.41, 5.74) is 5.87. The summed E-state index contributed by atoms with van der Waals surface area (Å²) in [6.45, 7) is 0.593. The number of carbonyl (C=O) groups is 1. The fourth-order valence-corrected chi connectivity index (χ4v) is 2.43. The van der Waals surface area contributed by atoms with Gasteiger partial charge in [0, 0.05) is 25.6 Å². The molecule has 2 rings (SSSR count). The quantitative estimate of drug-likeness (QED) is 0.840. The average Bonchev–Trinajstić information content (AvgIpc) is 2.89. The predicted octanol–water partition coefficient (Wildman–Crippen LogP) is 0.396. The van der Waals surface area contributed by atoms with Gasteiger partial charge in [-0.3, -0.25) is 9.48 Å². The fourth-order valence-electron chi connectivity index (χ4n) is 2.43. The van der Waals surface area contributed by atoms with E-state index in [1.54, 1.807) is 11.0 Å². The number of hydrogen-bond donors (Lipinski definition) is 1. The zero-order valence-corrected chi connectivity index (χ0v) is 10.8. The summed E-state index contributed by atoms with van der Waals surface area (Å²) in [6.07, 6.45) is 7.67. The van der Waals surface area contributed by atoms with Crippen molar-refractivity contribution in [3.05, 3.63) is 12.7 Å². The maximum atomic E-state index is 12.1. The van der Waals surface area contributed by atoms with Gasteiger partial charge in [0.05, 0.1) is 6.54 Å². The number of hydrogen-bond acceptors (Lipinski definition) is 4. The van der Waals surface area contributed by atoms with Gasteiger partial charge < -0.3 is 10.6 Å². The van der Waals surface area contributed by atoms with E-state index >= 15 is 0 Å². The van der Waals surface area contributed by atoms with Gasteiger partial charge in [-0.2, -0.15) is 5.10 Å². The van der Waals surface area contributed by atoms with Gasteiger partial charge >= 0.3 is 0 Å². The van der Waals surface area contributed by atoms with Gasteiger partial charge in [0.15, 0.2) is 0 Å². The molecule has 6 nitrogen and oxygen atoms in total. The van der Waals surface area contributed by atoms with Gasteiger partial charge in [-0.25, -0.2) is 4.98 Å². The lowest BCUT2D eigenvalue weighted by Gasteiger charge is -2.33. The number of aryl methyl sites for hydroxylation is 1. The van der Waals surface area contributed by atoms with E-state index in [9.17, 15) is 4.79 Å². The minimum absolute atomic E-state index is 0.172. The van der Waals surface area contributed by atoms with Gasteiger partial charge in [0.2, 0.25) is 5.91 Å². The van der Waals surface area contributed by atoms with E-state index in [4.69, 9.17) is 5.73 Å². The zero-order chi connectivity index (χ0) is 13.0. The molecule has 0 aliphatic heterocycles. The minimum Gasteiger partial charge on any atom is -0.343 e. The van der Waals surface area contributed by atoms with Gasteiger partial charge in [0.1, 0.15) is 12.7 Å². The number of aromatic nitrogens is 3. The van der Waals surface area contributed by atoms with Crippen LogP contribution in [0.2, 0.25) is 0 Å². The normalized spacial score (nSPS) is 23.9. The fraction of sp³-hybridized carbons (Fsp3) is 0.750. The topological polar surface area (TPSA) is 77.0 Å². The molecule has 0 atom stereocenters. The van der Waals surface area contributed by atoms with E-state index in [0.29, 0.717) is 25.0 Å². The molecular formula is C12H21N5O. The van der Waals surface area contributed by atoms with Crippen molar-refractivity contribution in [3.8, 4) is 0 Å². The molecule has 1 amide bonds. The first kappa shape index (κ1) is 13.0. The Morgan fingerprint density at radius 1 is 1.44 bits per heavy atom. The third-order valence-electron chi connectivity index (χ3n) is 3.70. The van der Waals surface area contributed by atoms with Crippen LogP contribution >= 0.6 is 0 Å². The molecule has 18 heavy (non-hydrogen) atoms. The zero-order valence-electron chi connectivity index (χ0n) is 10.8. The first-order valence-corrected chi connectivity index (χ1v) is 6.50. The molecule has 1 aromatic rings. The summed E-state index contributed by atoms with van der Waals surface area (Å²) in [5, 5.41) is 3.99. The summed E-state index contributed by atoms with van der Waals surface area (Å²) in [7, 11) is 1.89. The van der Waals surface area contributed by atoms with Crippen molar-refractivity contribution in [1.29, 1.82) is 0 Å². The Morgan fingerprint density at radius 3 is 2.78 bits per heavy atom. The molecule has 0 unspecified atom stereocenters. The number of nitrogens with zero attached hydrogens (tertiary/aromatic N) is 4. The van der Waals surface area contributed by atoms with Gasteiger partial charge in [-0.1, -0.05) is 0 Å². The highest BCUT2D eigenvalue weighted by Crippen LogP contribution is 2.21. The maximum absolute atomic E-state index is 12.1. The summed E-state index contributed by atoms with van der Waals surface area (Å²) in [6, 6.07) is 0.674. The molecule has 1 fully saturated rings. The predicted molar refractivity (Wildman–Crippen MR) is 67.6 cm³/mol. The lowest BCUT2D eigenvalue weighted by atomic mass is 9.91. The van der Waals surface area contributed by atoms with E-state index in [1.165, 1.54) is 6.33 Å². The molecule has 100 valence electrons. The SMILES string of the molecule is CN(C(=O)CCn1cncn1)C1CCC(N)CC1. The van der Waals surface area contributed by atoms with Crippen molar-refractivity contribution in [2.45, 2.75) is 50.7 Å². The molecule has 0 bridgehead atoms. The van der Waals surface area contributed by atoms with E-state index in [0.717, 1.165) is 25.7 Å². The van der Waals surface area contributed by atoms with E-state index in [1.807, 2.05) is 11.9 Å². The molecule has 0 saturated heterocycles. The van der Waals surface area contributed by atoms with Crippen LogP contribution in [-0.4, -0.2) is 44.7 Å². The van der Waals surface area contributed by atoms with Crippen LogP contribution in [0.25, 0.3) is 0 Å². The average molecular weight is 251 g/mol. The second-order valence-corrected chi connectivity index (χ2v) is 4.98. The standard InChI is InChI=1S/C12H21N5O/c1-16(11-4-2-10(13)3-5-11)12(18)6-7-17-9-14-8-15-17/h8-11H,2-7,13H2,1H3. The van der Waals surface area contributed by atoms with Gasteiger partial charge in [0.25, 0.3) is 0 Å². The molecule has 6 heteroatoms. The largest absolute Gasteiger partial charge is 0.343 e.